The van der Waals surface area contributed by atoms with Crippen LogP contribution in [0.4, 0.5) is 4.79 Å². The van der Waals surface area contributed by atoms with Gasteiger partial charge in [0, 0.05) is 59.3 Å². The minimum Gasteiger partial charge on any atom is -0.441 e. The zero-order chi connectivity index (χ0) is 20.2. The van der Waals surface area contributed by atoms with Crippen molar-refractivity contribution in [2.45, 2.75) is 50.2 Å². The van der Waals surface area contributed by atoms with Crippen LogP contribution in [0.3, 0.4) is 0 Å². The maximum atomic E-state index is 12.9. The molecule has 2 amide bonds. The molecule has 0 radical (unpaired) electrons. The Hall–Kier alpha value is -1.38. The van der Waals surface area contributed by atoms with Crippen molar-refractivity contribution in [1.29, 1.82) is 0 Å². The molecule has 3 aliphatic heterocycles. The molecule has 0 aromatic carbocycles. The Balaban J connectivity index is 1.48. The van der Waals surface area contributed by atoms with Gasteiger partial charge in [-0.15, -0.1) is 0 Å². The zero-order valence-electron chi connectivity index (χ0n) is 17.6. The van der Waals surface area contributed by atoms with Gasteiger partial charge < -0.3 is 28.9 Å². The highest BCUT2D eigenvalue weighted by molar-refractivity contribution is 5.85. The van der Waals surface area contributed by atoms with Crippen LogP contribution in [-0.2, 0) is 19.0 Å². The molecule has 3 fully saturated rings. The highest BCUT2D eigenvalue weighted by Crippen LogP contribution is 2.35. The van der Waals surface area contributed by atoms with Gasteiger partial charge in [-0.1, -0.05) is 0 Å². The summed E-state index contributed by atoms with van der Waals surface area (Å²) in [6.07, 6.45) is 3.99. The molecule has 3 heterocycles. The van der Waals surface area contributed by atoms with Crippen molar-refractivity contribution in [2.24, 2.45) is 0 Å². The van der Waals surface area contributed by atoms with Gasteiger partial charge in [0.1, 0.15) is 11.2 Å². The molecule has 3 aliphatic rings. The molecule has 1 spiro atoms. The lowest BCUT2D eigenvalue weighted by Crippen LogP contribution is -2.55. The third-order valence-electron chi connectivity index (χ3n) is 6.35. The van der Waals surface area contributed by atoms with Gasteiger partial charge in [0.05, 0.1) is 13.2 Å². The van der Waals surface area contributed by atoms with Crippen molar-refractivity contribution in [3.63, 3.8) is 0 Å². The van der Waals surface area contributed by atoms with Gasteiger partial charge in [0.15, 0.2) is 0 Å². The molecular formula is C20H35N3O5. The number of carbonyl (C=O) groups excluding carboxylic acids is 2. The van der Waals surface area contributed by atoms with Crippen LogP contribution < -0.4 is 0 Å². The average Bonchev–Trinajstić information content (AvgIpc) is 3.00. The molecule has 1 unspecified atom stereocenters. The molecular weight excluding hydrogens is 362 g/mol. The van der Waals surface area contributed by atoms with Crippen LogP contribution in [0.25, 0.3) is 0 Å². The molecule has 0 aromatic heterocycles. The van der Waals surface area contributed by atoms with Gasteiger partial charge in [0.2, 0.25) is 0 Å². The normalized spacial score (nSPS) is 27.5. The maximum absolute atomic E-state index is 12.9. The summed E-state index contributed by atoms with van der Waals surface area (Å²) in [7, 11) is 3.71. The van der Waals surface area contributed by atoms with E-state index in [1.54, 1.807) is 12.0 Å². The largest absolute Gasteiger partial charge is 0.441 e. The Labute approximate surface area is 168 Å². The Kier molecular flexibility index (Phi) is 6.83. The monoisotopic (exact) mass is 397 g/mol. The highest BCUT2D eigenvalue weighted by atomic mass is 16.6. The minimum absolute atomic E-state index is 0.0861. The van der Waals surface area contributed by atoms with Crippen LogP contribution in [0.5, 0.6) is 0 Å². The van der Waals surface area contributed by atoms with Crippen LogP contribution in [0.2, 0.25) is 0 Å². The summed E-state index contributed by atoms with van der Waals surface area (Å²) >= 11 is 0. The summed E-state index contributed by atoms with van der Waals surface area (Å²) in [6.45, 7) is 7.37. The Morgan fingerprint density at radius 1 is 1.21 bits per heavy atom. The first-order valence-electron chi connectivity index (χ1n) is 10.5. The number of rotatable bonds is 7. The minimum atomic E-state index is -0.687. The predicted molar refractivity (Wildman–Crippen MR) is 104 cm³/mol. The van der Waals surface area contributed by atoms with E-state index in [-0.39, 0.29) is 12.0 Å². The van der Waals surface area contributed by atoms with Crippen molar-refractivity contribution in [3.05, 3.63) is 0 Å². The van der Waals surface area contributed by atoms with Gasteiger partial charge in [0.25, 0.3) is 5.91 Å². The van der Waals surface area contributed by atoms with Gasteiger partial charge in [-0.25, -0.2) is 4.79 Å². The fourth-order valence-electron chi connectivity index (χ4n) is 4.33. The van der Waals surface area contributed by atoms with Crippen LogP contribution >= 0.6 is 0 Å². The van der Waals surface area contributed by atoms with Crippen molar-refractivity contribution in [2.75, 3.05) is 66.6 Å². The summed E-state index contributed by atoms with van der Waals surface area (Å²) in [5.41, 5.74) is -1.14. The number of nitrogens with zero attached hydrogens (tertiary/aromatic N) is 3. The van der Waals surface area contributed by atoms with Gasteiger partial charge in [-0.05, 0) is 33.2 Å². The van der Waals surface area contributed by atoms with Crippen molar-refractivity contribution in [3.8, 4) is 0 Å². The van der Waals surface area contributed by atoms with E-state index in [0.29, 0.717) is 52.2 Å². The molecule has 8 heteroatoms. The molecule has 3 saturated heterocycles. The van der Waals surface area contributed by atoms with Crippen LogP contribution in [-0.4, -0.2) is 105 Å². The summed E-state index contributed by atoms with van der Waals surface area (Å²) in [5.74, 6) is 0.0861. The van der Waals surface area contributed by atoms with E-state index in [1.165, 1.54) is 0 Å². The van der Waals surface area contributed by atoms with E-state index in [0.717, 1.165) is 32.4 Å². The third-order valence-corrected chi connectivity index (χ3v) is 6.35. The number of hydrogen-bond acceptors (Lipinski definition) is 6. The number of methoxy groups -OCH3 is 1. The van der Waals surface area contributed by atoms with Crippen molar-refractivity contribution >= 4 is 12.0 Å². The lowest BCUT2D eigenvalue weighted by atomic mass is 9.88. The molecule has 160 valence electrons. The number of carbonyl (C=O) groups is 2. The quantitative estimate of drug-likeness (QED) is 0.646. The molecule has 0 bridgehead atoms. The van der Waals surface area contributed by atoms with E-state index < -0.39 is 11.2 Å². The second-order valence-corrected chi connectivity index (χ2v) is 8.60. The molecule has 8 nitrogen and oxygen atoms in total. The molecule has 1 atom stereocenters. The van der Waals surface area contributed by atoms with Gasteiger partial charge in [-0.2, -0.15) is 0 Å². The van der Waals surface area contributed by atoms with Crippen molar-refractivity contribution < 1.29 is 23.8 Å². The van der Waals surface area contributed by atoms with E-state index in [1.807, 2.05) is 18.9 Å². The second kappa shape index (κ2) is 8.97. The van der Waals surface area contributed by atoms with Crippen LogP contribution in [0.1, 0.15) is 39.0 Å². The number of amides is 2. The van der Waals surface area contributed by atoms with Gasteiger partial charge >= 0.3 is 6.09 Å². The van der Waals surface area contributed by atoms with Gasteiger partial charge in [-0.3, -0.25) is 4.79 Å². The van der Waals surface area contributed by atoms with E-state index in [2.05, 4.69) is 4.90 Å². The number of hydrogen-bond donors (Lipinski definition) is 0. The second-order valence-electron chi connectivity index (χ2n) is 8.60. The third kappa shape index (κ3) is 4.78. The van der Waals surface area contributed by atoms with E-state index in [4.69, 9.17) is 14.2 Å². The Bertz CT molecular complexity index is 556. The lowest BCUT2D eigenvalue weighted by molar-refractivity contribution is -0.165. The molecule has 0 saturated carbocycles. The van der Waals surface area contributed by atoms with E-state index in [9.17, 15) is 9.59 Å². The summed E-state index contributed by atoms with van der Waals surface area (Å²) < 4.78 is 16.7. The molecule has 0 aliphatic carbocycles. The summed E-state index contributed by atoms with van der Waals surface area (Å²) in [4.78, 5) is 31.1. The Morgan fingerprint density at radius 3 is 2.61 bits per heavy atom. The topological polar surface area (TPSA) is 71.6 Å². The fraction of sp³-hybridized carbons (Fsp3) is 0.900. The average molecular weight is 398 g/mol. The van der Waals surface area contributed by atoms with Crippen molar-refractivity contribution in [1.82, 2.24) is 14.7 Å². The van der Waals surface area contributed by atoms with Crippen LogP contribution in [0.15, 0.2) is 0 Å². The number of likely N-dealkylation sites (N-methyl/N-ethyl adjacent to an activating group) is 1. The molecule has 28 heavy (non-hydrogen) atoms. The fourth-order valence-corrected chi connectivity index (χ4v) is 4.33. The standard InChI is InChI=1S/C20H35N3O5/c1-19(6-4-5-14-27-19)17(24)22-9-7-20(8-10-22)16-23(18(25)28-20)12-11-21(2)13-15-26-3/h4-16H2,1-3H3. The number of ether oxygens (including phenoxy) is 3. The first kappa shape index (κ1) is 21.3. The SMILES string of the molecule is COCCN(C)CCN1CC2(CCN(C(=O)C3(C)CCCCO3)CC2)OC1=O. The molecule has 0 aromatic rings. The zero-order valence-corrected chi connectivity index (χ0v) is 17.6. The predicted octanol–water partition coefficient (Wildman–Crippen LogP) is 1.34. The smallest absolute Gasteiger partial charge is 0.410 e. The summed E-state index contributed by atoms with van der Waals surface area (Å²) in [6, 6.07) is 0. The molecule has 3 rings (SSSR count). The lowest BCUT2D eigenvalue weighted by Gasteiger charge is -2.42. The number of piperidine rings is 1. The first-order chi connectivity index (χ1) is 13.4. The van der Waals surface area contributed by atoms with E-state index >= 15 is 0 Å². The highest BCUT2D eigenvalue weighted by Gasteiger charge is 2.49. The first-order valence-corrected chi connectivity index (χ1v) is 10.5. The maximum Gasteiger partial charge on any atom is 0.410 e. The number of likely N-dealkylation sites (tertiary alicyclic amines) is 1. The van der Waals surface area contributed by atoms with Crippen LogP contribution in [0, 0.1) is 0 Å². The molecule has 0 N–H and O–H groups in total. The Morgan fingerprint density at radius 2 is 1.96 bits per heavy atom. The summed E-state index contributed by atoms with van der Waals surface area (Å²) in [5, 5.41) is 0.